The van der Waals surface area contributed by atoms with Crippen LogP contribution in [-0.4, -0.2) is 218 Å². The molecule has 0 aromatic heterocycles. The average molecular weight is 2180 g/mol. The van der Waals surface area contributed by atoms with Crippen LogP contribution in [0.4, 0.5) is 0 Å². The lowest BCUT2D eigenvalue weighted by molar-refractivity contribution is -0.140. The van der Waals surface area contributed by atoms with Gasteiger partial charge >= 0.3 is 59.7 Å². The molecule has 45 heteroatoms. The number of rotatable bonds is 55. The molecule has 8 aromatic rings. The first kappa shape index (κ1) is 125. The molecular formula is C102H124N10O27S8. The van der Waals surface area contributed by atoms with Crippen molar-refractivity contribution in [2.75, 3.05) is 52.6 Å². The summed E-state index contributed by atoms with van der Waals surface area (Å²) in [7, 11) is 10.1. The SMILES string of the molecule is CC(=O)NC(CSSCC(N)C(=O)Oc1ccc(C)cc1)C(=O)Oc1ccc(C)cc1.CC(=O)NC(CSSCC(NC(C)=O)C(=O)Oc1ccc(C)cc1)C(=O)Oc1ccc(C)cc1.Cc1ccc(OC(=O)C(N)CSSCC(N)C(=O)Oc2ccc(C)cc2)cc1.Cc1ccc(OC(=O)CCC(=O)C(CSSCC(CC(=O)CCC(N)C(=O)O)C(=O)NCC(=O)Oc2ccc(C)cc2)NC(=O)CCC(N)C(=O)O)cc1. The molecule has 0 radical (unpaired) electrons. The summed E-state index contributed by atoms with van der Waals surface area (Å²) in [6, 6.07) is 47.2. The van der Waals surface area contributed by atoms with Gasteiger partial charge in [0.25, 0.3) is 0 Å². The number of aliphatic carboxylic acids is 2. The van der Waals surface area contributed by atoms with Gasteiger partial charge in [-0.3, -0.25) is 47.9 Å². The first-order valence-electron chi connectivity index (χ1n) is 45.7. The number of ether oxygens (including phenoxy) is 8. The van der Waals surface area contributed by atoms with E-state index in [1.54, 1.807) is 121 Å². The molecule has 8 aromatic carbocycles. The van der Waals surface area contributed by atoms with Crippen LogP contribution < -0.4 is 93.1 Å². The number of carboxylic acids is 2. The van der Waals surface area contributed by atoms with E-state index in [0.717, 1.165) is 66.1 Å². The van der Waals surface area contributed by atoms with Gasteiger partial charge in [-0.05, 0) is 165 Å². The van der Waals surface area contributed by atoms with Gasteiger partial charge in [0.15, 0.2) is 5.78 Å². The number of esters is 8. The molecule has 0 saturated carbocycles. The molecule has 792 valence electrons. The Morgan fingerprint density at radius 2 is 0.510 bits per heavy atom. The zero-order valence-corrected chi connectivity index (χ0v) is 89.3. The van der Waals surface area contributed by atoms with Crippen molar-refractivity contribution >= 4 is 187 Å². The Kier molecular flexibility index (Phi) is 58.2. The molecule has 0 aliphatic carbocycles. The predicted molar refractivity (Wildman–Crippen MR) is 573 cm³/mol. The molecular weight excluding hydrogens is 2050 g/mol. The lowest BCUT2D eigenvalue weighted by Crippen LogP contribution is -2.44. The smallest absolute Gasteiger partial charge is 0.334 e. The van der Waals surface area contributed by atoms with E-state index >= 15 is 0 Å². The minimum atomic E-state index is -1.29. The standard InChI is InChI=1S/C36H46N4O12S2.C24H28N2O6S2.C22H26N2O5S2.C20H24N2O4S2/c1-21-3-8-25(9-4-21)51-32(44)16-14-30(42)29(40-31(43)15-13-28(38)36(49)50)20-54-53-19-23(17-24(41)7-12-27(37)35(47)48)34(46)39-18-33(45)52-26-10-5-22(2)6-11-26;1-15-5-9-19(10-6-15)31-23(29)21(25-17(3)27)13-33-34-14-22(26-18(4)28)24(30)32-20-11-7-16(2)8-12-20;1-14-4-8-17(9-5-14)28-21(26)19(23)12-30-31-13-20(24-16(3)25)22(27)29-18-10-6-15(2)7-11-18;1-13-3-7-15(8-4-13)25-19(23)17(21)11-27-28-12-18(22)20(24)26-16-9-5-14(2)6-10-16/h3-6,8-11,23,27-29H,7,12-20,37-38H2,1-2H3,(H,39,46)(H,40,43)(H,47,48)(H,49,50);5-12,21-22H,13-14H2,1-4H3,(H,25,27)(H,26,28);4-11,19-20H,12-13,23H2,1-3H3,(H,24,25);3-10,17-18H,11-12,21-22H2,1-2H3. The summed E-state index contributed by atoms with van der Waals surface area (Å²) >= 11 is 0. The second-order valence-electron chi connectivity index (χ2n) is 33.0. The third-order valence-corrected chi connectivity index (χ3v) is 29.6. The van der Waals surface area contributed by atoms with Gasteiger partial charge in [-0.1, -0.05) is 228 Å². The van der Waals surface area contributed by atoms with Crippen molar-refractivity contribution in [2.45, 2.75) is 175 Å². The number of hydrogen-bond acceptors (Lipinski definition) is 38. The highest BCUT2D eigenvalue weighted by Gasteiger charge is 2.31. The molecule has 0 aliphatic heterocycles. The van der Waals surface area contributed by atoms with E-state index < -0.39 is 150 Å². The predicted octanol–water partition coefficient (Wildman–Crippen LogP) is 11.2. The number of carbonyl (C=O) groups is 17. The highest BCUT2D eigenvalue weighted by Crippen LogP contribution is 2.31. The number of carbonyl (C=O) groups excluding carboxylic acids is 15. The Balaban J connectivity index is 0.000000358. The number of benzene rings is 8. The summed E-state index contributed by atoms with van der Waals surface area (Å²) in [4.78, 5) is 207. The third-order valence-electron chi connectivity index (χ3n) is 19.7. The van der Waals surface area contributed by atoms with Crippen molar-refractivity contribution in [3.8, 4) is 46.0 Å². The molecule has 147 heavy (non-hydrogen) atoms. The van der Waals surface area contributed by atoms with Crippen LogP contribution in [0.15, 0.2) is 194 Å². The zero-order chi connectivity index (χ0) is 109. The Hall–Kier alpha value is -12.2. The van der Waals surface area contributed by atoms with E-state index in [-0.39, 0.29) is 103 Å². The lowest BCUT2D eigenvalue weighted by Gasteiger charge is -2.19. The molecule has 0 aliphatic rings. The topological polar surface area (TPSA) is 595 Å². The maximum atomic E-state index is 13.2. The quantitative estimate of drug-likeness (QED) is 0.00729. The average Bonchev–Trinajstić information content (AvgIpc) is 0.863. The Morgan fingerprint density at radius 1 is 0.272 bits per heavy atom. The van der Waals surface area contributed by atoms with Crippen molar-refractivity contribution in [3.63, 3.8) is 0 Å². The van der Waals surface area contributed by atoms with Gasteiger partial charge in [0.05, 0.1) is 18.4 Å². The third kappa shape index (κ3) is 53.8. The highest BCUT2D eigenvalue weighted by atomic mass is 33.1. The van der Waals surface area contributed by atoms with E-state index in [4.69, 9.17) is 76.8 Å². The zero-order valence-electron chi connectivity index (χ0n) is 82.8. The number of Topliss-reactive ketones (excluding diaryl/α,β-unsaturated/α-hetero) is 2. The van der Waals surface area contributed by atoms with Crippen LogP contribution >= 0.6 is 86.4 Å². The van der Waals surface area contributed by atoms with Gasteiger partial charge in [0.2, 0.25) is 29.5 Å². The molecule has 0 spiro atoms. The number of nitrogens with two attached hydrogens (primary N) is 5. The van der Waals surface area contributed by atoms with Crippen molar-refractivity contribution in [2.24, 2.45) is 34.6 Å². The molecule has 10 atom stereocenters. The van der Waals surface area contributed by atoms with Crippen LogP contribution in [0.25, 0.3) is 0 Å². The van der Waals surface area contributed by atoms with Gasteiger partial charge in [0.1, 0.15) is 107 Å². The van der Waals surface area contributed by atoms with Gasteiger partial charge in [-0.15, -0.1) is 0 Å². The maximum absolute atomic E-state index is 13.2. The fourth-order valence-electron chi connectivity index (χ4n) is 11.4. The molecule has 0 saturated heterocycles. The Labute approximate surface area is 884 Å². The molecule has 0 bridgehead atoms. The summed E-state index contributed by atoms with van der Waals surface area (Å²) in [5, 5.41) is 30.8. The number of amides is 5. The van der Waals surface area contributed by atoms with Crippen molar-refractivity contribution in [1.82, 2.24) is 26.6 Å². The summed E-state index contributed by atoms with van der Waals surface area (Å²) in [5.41, 5.74) is 36.8. The maximum Gasteiger partial charge on any atom is 0.334 e. The summed E-state index contributed by atoms with van der Waals surface area (Å²) in [6.07, 6.45) is -1.70. The number of ketones is 2. The highest BCUT2D eigenvalue weighted by molar-refractivity contribution is 8.77. The lowest BCUT2D eigenvalue weighted by atomic mass is 9.99. The molecule has 10 unspecified atom stereocenters. The molecule has 37 nitrogen and oxygen atoms in total. The summed E-state index contributed by atoms with van der Waals surface area (Å²) in [5.74, 6) is -6.84. The first-order valence-corrected chi connectivity index (χ1v) is 55.6. The van der Waals surface area contributed by atoms with Crippen LogP contribution in [-0.2, 0) is 81.5 Å². The molecule has 5 amide bonds. The molecule has 0 heterocycles. The Morgan fingerprint density at radius 3 is 0.782 bits per heavy atom. The van der Waals surface area contributed by atoms with Crippen LogP contribution in [0.3, 0.4) is 0 Å². The van der Waals surface area contributed by atoms with Gasteiger partial charge in [0, 0.05) is 92.5 Å². The van der Waals surface area contributed by atoms with Gasteiger partial charge in [-0.25, -0.2) is 33.6 Å². The summed E-state index contributed by atoms with van der Waals surface area (Å²) in [6.45, 7) is 18.8. The van der Waals surface area contributed by atoms with Gasteiger partial charge < -0.3 is 103 Å². The number of aryl methyl sites for hydroxylation is 8. The fraction of sp³-hybridized carbons (Fsp3) is 0.363. The minimum Gasteiger partial charge on any atom is -0.480 e. The molecule has 17 N–H and O–H groups in total. The monoisotopic (exact) mass is 2180 g/mol. The largest absolute Gasteiger partial charge is 0.480 e. The summed E-state index contributed by atoms with van der Waals surface area (Å²) < 4.78 is 42.3. The van der Waals surface area contributed by atoms with E-state index in [1.165, 1.54) is 85.5 Å². The van der Waals surface area contributed by atoms with Crippen LogP contribution in [0.5, 0.6) is 46.0 Å². The number of carboxylic acid groups (broad SMARTS) is 2. The van der Waals surface area contributed by atoms with Crippen LogP contribution in [0, 0.1) is 61.3 Å². The van der Waals surface area contributed by atoms with Crippen molar-refractivity contribution < 1.29 is 130 Å². The van der Waals surface area contributed by atoms with E-state index in [1.807, 2.05) is 128 Å². The van der Waals surface area contributed by atoms with E-state index in [9.17, 15) is 81.5 Å². The first-order chi connectivity index (χ1) is 69.8. The second-order valence-corrected chi connectivity index (χ2v) is 43.3. The van der Waals surface area contributed by atoms with Gasteiger partial charge in [-0.2, -0.15) is 0 Å². The van der Waals surface area contributed by atoms with Crippen molar-refractivity contribution in [1.29, 1.82) is 0 Å². The van der Waals surface area contributed by atoms with Crippen LogP contribution in [0.1, 0.15) is 110 Å². The fourth-order valence-corrected chi connectivity index (χ4v) is 20.7. The van der Waals surface area contributed by atoms with Crippen molar-refractivity contribution in [3.05, 3.63) is 239 Å². The molecule has 0 fully saturated rings. The van der Waals surface area contributed by atoms with Crippen LogP contribution in [0.2, 0.25) is 0 Å². The minimum absolute atomic E-state index is 0.00539. The molecule has 8 rings (SSSR count). The van der Waals surface area contributed by atoms with E-state index in [0.29, 0.717) is 51.8 Å². The van der Waals surface area contributed by atoms with E-state index in [2.05, 4.69) is 26.6 Å². The Bertz CT molecular complexity index is 5370. The number of nitrogens with one attached hydrogen (secondary N) is 5. The normalized spacial score (nSPS) is 12.7. The number of hydrogen-bond donors (Lipinski definition) is 12. The second kappa shape index (κ2) is 68.3.